The van der Waals surface area contributed by atoms with Crippen molar-refractivity contribution >= 4 is 65.2 Å². The first-order chi connectivity index (χ1) is 29.1. The van der Waals surface area contributed by atoms with Crippen LogP contribution in [0.25, 0.3) is 98.8 Å². The highest BCUT2D eigenvalue weighted by Gasteiger charge is 2.23. The molecule has 2 aromatic heterocycles. The van der Waals surface area contributed by atoms with E-state index in [4.69, 9.17) is 22.5 Å². The summed E-state index contributed by atoms with van der Waals surface area (Å²) in [6, 6.07) is 9.27. The average molecular weight is 602 g/mol. The van der Waals surface area contributed by atoms with Crippen LogP contribution in [0.1, 0.15) is 20.6 Å². The molecule has 0 aliphatic rings. The number of rotatable bonds is 3. The maximum absolute atomic E-state index is 9.54. The SMILES string of the molecule is [2H]c1c([2H])c([2H])c2c(-c3c4c([2H])c([2H])c([2H])c([2H])c4c(-c4cc5oc6ccccc6c5c5oc(-c6ccccc6)cc45)c4c([2H])c([2H])c([2H])c([2H])c34)c([2H])c([2H])c([2H])c2c1[2H]. The summed E-state index contributed by atoms with van der Waals surface area (Å²) in [5.74, 6) is 0.418. The van der Waals surface area contributed by atoms with E-state index in [0.717, 1.165) is 0 Å². The van der Waals surface area contributed by atoms with Crippen molar-refractivity contribution in [2.75, 3.05) is 0 Å². The van der Waals surface area contributed by atoms with Crippen LogP contribution in [-0.2, 0) is 0 Å². The van der Waals surface area contributed by atoms with Gasteiger partial charge in [0.2, 0.25) is 0 Å². The summed E-state index contributed by atoms with van der Waals surface area (Å²) in [5.41, 5.74) is 1.13. The molecule has 10 aromatic rings. The number of hydrogen-bond donors (Lipinski definition) is 0. The van der Waals surface area contributed by atoms with Crippen LogP contribution in [0.15, 0.2) is 166 Å². The molecular formula is C44H26O2. The Labute approximate surface area is 285 Å². The molecule has 2 heterocycles. The Hall–Kier alpha value is -6.12. The van der Waals surface area contributed by atoms with Crippen molar-refractivity contribution < 1.29 is 29.4 Å². The maximum Gasteiger partial charge on any atom is 0.147 e. The first kappa shape index (κ1) is 14.8. The second-order valence-electron chi connectivity index (χ2n) is 10.9. The molecule has 0 radical (unpaired) electrons. The second-order valence-corrected chi connectivity index (χ2v) is 10.9. The molecule has 0 atom stereocenters. The van der Waals surface area contributed by atoms with Crippen molar-refractivity contribution in [1.29, 1.82) is 0 Å². The van der Waals surface area contributed by atoms with E-state index < -0.39 is 107 Å². The van der Waals surface area contributed by atoms with Gasteiger partial charge < -0.3 is 8.83 Å². The molecule has 10 rings (SSSR count). The summed E-state index contributed by atoms with van der Waals surface area (Å²) in [4.78, 5) is 0. The zero-order valence-electron chi connectivity index (χ0n) is 38.7. The summed E-state index contributed by atoms with van der Waals surface area (Å²) in [5, 5.41) is -0.353. The van der Waals surface area contributed by atoms with Crippen LogP contribution in [0.2, 0.25) is 0 Å². The van der Waals surface area contributed by atoms with Crippen LogP contribution in [0.3, 0.4) is 0 Å². The molecule has 8 aromatic carbocycles. The molecule has 0 amide bonds. The molecule has 214 valence electrons. The summed E-state index contributed by atoms with van der Waals surface area (Å²) in [7, 11) is 0. The van der Waals surface area contributed by atoms with Gasteiger partial charge in [-0.2, -0.15) is 0 Å². The van der Waals surface area contributed by atoms with Crippen LogP contribution >= 0.6 is 0 Å². The van der Waals surface area contributed by atoms with Gasteiger partial charge in [0, 0.05) is 16.3 Å². The van der Waals surface area contributed by atoms with Gasteiger partial charge in [-0.05, 0) is 72.8 Å². The van der Waals surface area contributed by atoms with Gasteiger partial charge in [0.05, 0.1) is 25.9 Å². The number of furan rings is 2. The third-order valence-electron chi connectivity index (χ3n) is 8.41. The highest BCUT2D eigenvalue weighted by atomic mass is 16.3. The third kappa shape index (κ3) is 3.59. The molecule has 2 nitrogen and oxygen atoms in total. The van der Waals surface area contributed by atoms with E-state index in [2.05, 4.69) is 0 Å². The Morgan fingerprint density at radius 2 is 1.04 bits per heavy atom. The van der Waals surface area contributed by atoms with Crippen LogP contribution < -0.4 is 0 Å². The Morgan fingerprint density at radius 1 is 0.435 bits per heavy atom. The minimum absolute atomic E-state index is 0.0542. The monoisotopic (exact) mass is 601 g/mol. The highest BCUT2D eigenvalue weighted by molar-refractivity contribution is 6.28. The van der Waals surface area contributed by atoms with Gasteiger partial charge in [0.1, 0.15) is 22.5 Å². The van der Waals surface area contributed by atoms with Gasteiger partial charge in [0.15, 0.2) is 0 Å². The lowest BCUT2D eigenvalue weighted by Crippen LogP contribution is -1.92. The smallest absolute Gasteiger partial charge is 0.147 e. The summed E-state index contributed by atoms with van der Waals surface area (Å²) >= 11 is 0. The fourth-order valence-corrected chi connectivity index (χ4v) is 6.48. The normalized spacial score (nSPS) is 16.5. The van der Waals surface area contributed by atoms with Crippen molar-refractivity contribution in [1.82, 2.24) is 0 Å². The van der Waals surface area contributed by atoms with Crippen molar-refractivity contribution in [2.24, 2.45) is 0 Å². The number of hydrogen-bond acceptors (Lipinski definition) is 2. The molecule has 0 spiro atoms. The molecule has 0 saturated carbocycles. The molecule has 2 heteroatoms. The van der Waals surface area contributed by atoms with E-state index >= 15 is 0 Å². The van der Waals surface area contributed by atoms with Gasteiger partial charge in [0.25, 0.3) is 0 Å². The van der Waals surface area contributed by atoms with Crippen LogP contribution in [-0.4, -0.2) is 0 Å². The predicted molar refractivity (Wildman–Crippen MR) is 192 cm³/mol. The molecule has 0 aliphatic carbocycles. The fraction of sp³-hybridized carbons (Fsp3) is 0. The lowest BCUT2D eigenvalue weighted by atomic mass is 9.84. The number of para-hydroxylation sites is 1. The first-order valence-corrected chi connectivity index (χ1v) is 14.5. The van der Waals surface area contributed by atoms with E-state index in [9.17, 15) is 6.85 Å². The number of fused-ring (bicyclic) bond motifs is 8. The lowest BCUT2D eigenvalue weighted by molar-refractivity contribution is 0.633. The molecule has 0 saturated heterocycles. The molecule has 0 bridgehead atoms. The Bertz CT molecular complexity index is 3560. The topological polar surface area (TPSA) is 26.3 Å². The third-order valence-corrected chi connectivity index (χ3v) is 8.41. The van der Waals surface area contributed by atoms with E-state index in [0.29, 0.717) is 44.2 Å². The van der Waals surface area contributed by atoms with Gasteiger partial charge in [-0.3, -0.25) is 0 Å². The summed E-state index contributed by atoms with van der Waals surface area (Å²) in [6.07, 6.45) is 0. The number of benzene rings is 8. The molecule has 0 fully saturated rings. The van der Waals surface area contributed by atoms with Gasteiger partial charge in [-0.25, -0.2) is 0 Å². The van der Waals surface area contributed by atoms with Gasteiger partial charge in [-0.15, -0.1) is 0 Å². The first-order valence-electron chi connectivity index (χ1n) is 22.0. The van der Waals surface area contributed by atoms with Crippen LogP contribution in [0, 0.1) is 0 Å². The molecule has 0 N–H and O–H groups in total. The fourth-order valence-electron chi connectivity index (χ4n) is 6.48. The van der Waals surface area contributed by atoms with E-state index in [1.165, 1.54) is 0 Å². The second kappa shape index (κ2) is 9.69. The summed E-state index contributed by atoms with van der Waals surface area (Å²) < 4.78 is 149. The Balaban J connectivity index is 1.54. The van der Waals surface area contributed by atoms with Gasteiger partial charge >= 0.3 is 0 Å². The van der Waals surface area contributed by atoms with Crippen LogP contribution in [0.5, 0.6) is 0 Å². The standard InChI is InChI=1S/C44H26O2/c1-2-14-28(15-3-1)39-26-37-36(25-40-43(44(37)46-39)35-22-10-11-24-38(35)45-40)42-33-20-8-6-18-31(33)41(32-19-7-9-21-34(32)42)30-23-12-16-27-13-4-5-17-29(27)30/h1-26H/i4D,5D,6D,7D,8D,9D,12D,13D,16D,17D,18D,19D,20D,21D,23D. The van der Waals surface area contributed by atoms with Crippen LogP contribution in [0.4, 0.5) is 0 Å². The minimum atomic E-state index is -0.775. The predicted octanol–water partition coefficient (Wildman–Crippen LogP) is 12.8. The van der Waals surface area contributed by atoms with Gasteiger partial charge in [-0.1, -0.05) is 139 Å². The minimum Gasteiger partial charge on any atom is -0.456 e. The van der Waals surface area contributed by atoms with E-state index in [-0.39, 0.29) is 38.2 Å². The zero-order chi connectivity index (χ0) is 43.2. The quantitative estimate of drug-likeness (QED) is 0.188. The van der Waals surface area contributed by atoms with Crippen molar-refractivity contribution in [2.45, 2.75) is 0 Å². The zero-order valence-corrected chi connectivity index (χ0v) is 23.7. The largest absolute Gasteiger partial charge is 0.456 e. The molecule has 0 unspecified atom stereocenters. The van der Waals surface area contributed by atoms with Crippen molar-refractivity contribution in [3.8, 4) is 33.6 Å². The molecule has 0 aliphatic heterocycles. The summed E-state index contributed by atoms with van der Waals surface area (Å²) in [6.45, 7) is 0. The van der Waals surface area contributed by atoms with Crippen molar-refractivity contribution in [3.63, 3.8) is 0 Å². The average Bonchev–Trinajstić information content (AvgIpc) is 3.88. The van der Waals surface area contributed by atoms with E-state index in [1.54, 1.807) is 24.3 Å². The molecular weight excluding hydrogens is 560 g/mol. The molecule has 46 heavy (non-hydrogen) atoms. The van der Waals surface area contributed by atoms with E-state index in [1.807, 2.05) is 42.5 Å². The Kier molecular flexibility index (Phi) is 3.11. The van der Waals surface area contributed by atoms with Crippen molar-refractivity contribution in [3.05, 3.63) is 157 Å². The maximum atomic E-state index is 9.54. The highest BCUT2D eigenvalue weighted by Crippen LogP contribution is 2.49. The lowest BCUT2D eigenvalue weighted by Gasteiger charge is -2.19. The Morgan fingerprint density at radius 3 is 1.78 bits per heavy atom.